The highest BCUT2D eigenvalue weighted by Gasteiger charge is 2.08. The van der Waals surface area contributed by atoms with E-state index in [0.717, 1.165) is 10.0 Å². The second-order valence-electron chi connectivity index (χ2n) is 4.48. The van der Waals surface area contributed by atoms with Gasteiger partial charge in [0, 0.05) is 21.3 Å². The van der Waals surface area contributed by atoms with Crippen molar-refractivity contribution < 1.29 is 10.0 Å². The van der Waals surface area contributed by atoms with Gasteiger partial charge in [0.25, 0.3) is 5.91 Å². The van der Waals surface area contributed by atoms with E-state index in [4.69, 9.17) is 10.9 Å². The molecule has 0 aromatic heterocycles. The van der Waals surface area contributed by atoms with Crippen LogP contribution >= 0.6 is 15.9 Å². The molecule has 0 atom stereocenters. The number of nitrogens with zero attached hydrogens (tertiary/aromatic N) is 1. The number of carbonyl (C=O) groups excluding carboxylic acids is 1. The lowest BCUT2D eigenvalue weighted by Gasteiger charge is -2.08. The topological polar surface area (TPSA) is 87.7 Å². The van der Waals surface area contributed by atoms with Gasteiger partial charge in [-0.05, 0) is 36.8 Å². The van der Waals surface area contributed by atoms with Crippen LogP contribution in [-0.2, 0) is 0 Å². The first-order valence-corrected chi connectivity index (χ1v) is 6.96. The second kappa shape index (κ2) is 6.41. The fourth-order valence-corrected chi connectivity index (χ4v) is 2.13. The quantitative estimate of drug-likeness (QED) is 0.345. The molecular weight excluding hydrogens is 334 g/mol. The first-order valence-electron chi connectivity index (χ1n) is 6.16. The molecule has 0 bridgehead atoms. The SMILES string of the molecule is Cc1ccc(C(=O)Nc2cccc(/C(N)=N/O)c2)cc1Br. The fourth-order valence-electron chi connectivity index (χ4n) is 1.75. The number of amides is 1. The van der Waals surface area contributed by atoms with Crippen LogP contribution in [0.2, 0.25) is 0 Å². The highest BCUT2D eigenvalue weighted by atomic mass is 79.9. The normalized spacial score (nSPS) is 11.2. The first kappa shape index (κ1) is 15.1. The third-order valence-corrected chi connectivity index (χ3v) is 3.81. The summed E-state index contributed by atoms with van der Waals surface area (Å²) in [5.41, 5.74) is 8.22. The second-order valence-corrected chi connectivity index (χ2v) is 5.34. The van der Waals surface area contributed by atoms with Crippen molar-refractivity contribution in [3.8, 4) is 0 Å². The minimum absolute atomic E-state index is 0.0100. The molecule has 0 spiro atoms. The Morgan fingerprint density at radius 3 is 2.67 bits per heavy atom. The van der Waals surface area contributed by atoms with Gasteiger partial charge in [-0.2, -0.15) is 0 Å². The Balaban J connectivity index is 2.21. The lowest BCUT2D eigenvalue weighted by atomic mass is 10.1. The van der Waals surface area contributed by atoms with E-state index in [0.29, 0.717) is 16.8 Å². The standard InChI is InChI=1S/C15H14BrN3O2/c1-9-5-6-11(8-13(9)16)15(20)18-12-4-2-3-10(7-12)14(17)19-21/h2-8,21H,1H3,(H2,17,19)(H,18,20). The molecule has 2 rings (SSSR count). The van der Waals surface area contributed by atoms with E-state index in [2.05, 4.69) is 26.4 Å². The molecule has 2 aromatic carbocycles. The van der Waals surface area contributed by atoms with Crippen molar-refractivity contribution in [2.24, 2.45) is 10.9 Å². The molecule has 0 aliphatic heterocycles. The summed E-state index contributed by atoms with van der Waals surface area (Å²) in [5.74, 6) is -0.239. The van der Waals surface area contributed by atoms with Crippen LogP contribution in [0.3, 0.4) is 0 Å². The highest BCUT2D eigenvalue weighted by Crippen LogP contribution is 2.19. The molecule has 21 heavy (non-hydrogen) atoms. The Bertz CT molecular complexity index is 714. The number of nitrogens with two attached hydrogens (primary N) is 1. The number of aryl methyl sites for hydroxylation is 1. The molecule has 0 aliphatic carbocycles. The molecule has 0 saturated heterocycles. The fraction of sp³-hybridized carbons (Fsp3) is 0.0667. The lowest BCUT2D eigenvalue weighted by Crippen LogP contribution is -2.15. The van der Waals surface area contributed by atoms with Crippen molar-refractivity contribution >= 4 is 33.4 Å². The smallest absolute Gasteiger partial charge is 0.255 e. The van der Waals surface area contributed by atoms with Crippen molar-refractivity contribution in [3.05, 3.63) is 63.6 Å². The van der Waals surface area contributed by atoms with Crippen LogP contribution in [-0.4, -0.2) is 17.0 Å². The zero-order valence-electron chi connectivity index (χ0n) is 11.3. The molecule has 0 radical (unpaired) electrons. The average molecular weight is 348 g/mol. The Kier molecular flexibility index (Phi) is 4.59. The van der Waals surface area contributed by atoms with Gasteiger partial charge in [0.05, 0.1) is 0 Å². The molecule has 0 unspecified atom stereocenters. The maximum absolute atomic E-state index is 12.2. The van der Waals surface area contributed by atoms with Crippen LogP contribution in [0.4, 0.5) is 5.69 Å². The van der Waals surface area contributed by atoms with E-state index in [1.807, 2.05) is 13.0 Å². The van der Waals surface area contributed by atoms with Crippen LogP contribution in [0.25, 0.3) is 0 Å². The summed E-state index contributed by atoms with van der Waals surface area (Å²) in [6.45, 7) is 1.95. The van der Waals surface area contributed by atoms with Gasteiger partial charge in [-0.25, -0.2) is 0 Å². The molecule has 0 heterocycles. The third-order valence-electron chi connectivity index (χ3n) is 2.96. The summed E-state index contributed by atoms with van der Waals surface area (Å²) in [4.78, 5) is 12.2. The van der Waals surface area contributed by atoms with Crippen LogP contribution < -0.4 is 11.1 Å². The van der Waals surface area contributed by atoms with Gasteiger partial charge < -0.3 is 16.3 Å². The van der Waals surface area contributed by atoms with Crippen LogP contribution in [0.15, 0.2) is 52.1 Å². The van der Waals surface area contributed by atoms with Crippen LogP contribution in [0.5, 0.6) is 0 Å². The summed E-state index contributed by atoms with van der Waals surface area (Å²) in [6, 6.07) is 12.2. The van der Waals surface area contributed by atoms with Gasteiger partial charge in [-0.3, -0.25) is 4.79 Å². The van der Waals surface area contributed by atoms with E-state index in [1.54, 1.807) is 36.4 Å². The van der Waals surface area contributed by atoms with Crippen molar-refractivity contribution in [1.29, 1.82) is 0 Å². The van der Waals surface area contributed by atoms with E-state index in [9.17, 15) is 4.79 Å². The molecular formula is C15H14BrN3O2. The number of benzene rings is 2. The van der Waals surface area contributed by atoms with Gasteiger partial charge >= 0.3 is 0 Å². The maximum atomic E-state index is 12.2. The van der Waals surface area contributed by atoms with Crippen molar-refractivity contribution in [1.82, 2.24) is 0 Å². The Morgan fingerprint density at radius 2 is 2.00 bits per heavy atom. The Morgan fingerprint density at radius 1 is 1.24 bits per heavy atom. The number of anilines is 1. The Labute approximate surface area is 130 Å². The van der Waals surface area contributed by atoms with Crippen molar-refractivity contribution in [2.45, 2.75) is 6.92 Å². The van der Waals surface area contributed by atoms with Gasteiger partial charge in [-0.15, -0.1) is 0 Å². The molecule has 0 fully saturated rings. The molecule has 0 aliphatic rings. The van der Waals surface area contributed by atoms with E-state index >= 15 is 0 Å². The van der Waals surface area contributed by atoms with Crippen LogP contribution in [0, 0.1) is 6.92 Å². The lowest BCUT2D eigenvalue weighted by molar-refractivity contribution is 0.102. The number of rotatable bonds is 3. The molecule has 5 nitrogen and oxygen atoms in total. The maximum Gasteiger partial charge on any atom is 0.255 e. The first-order chi connectivity index (χ1) is 10.0. The summed E-state index contributed by atoms with van der Waals surface area (Å²) < 4.78 is 0.876. The van der Waals surface area contributed by atoms with Crippen molar-refractivity contribution in [3.63, 3.8) is 0 Å². The van der Waals surface area contributed by atoms with E-state index < -0.39 is 0 Å². The zero-order chi connectivity index (χ0) is 15.4. The molecule has 0 saturated carbocycles. The zero-order valence-corrected chi connectivity index (χ0v) is 12.9. The number of amidine groups is 1. The number of nitrogens with one attached hydrogen (secondary N) is 1. The largest absolute Gasteiger partial charge is 0.409 e. The number of hydrogen-bond donors (Lipinski definition) is 3. The summed E-state index contributed by atoms with van der Waals surface area (Å²) in [7, 11) is 0. The third kappa shape index (κ3) is 3.61. The summed E-state index contributed by atoms with van der Waals surface area (Å²) in [6.07, 6.45) is 0. The van der Waals surface area contributed by atoms with Gasteiger partial charge in [0.1, 0.15) is 0 Å². The number of oxime groups is 1. The van der Waals surface area contributed by atoms with E-state index in [1.165, 1.54) is 0 Å². The highest BCUT2D eigenvalue weighted by molar-refractivity contribution is 9.10. The predicted molar refractivity (Wildman–Crippen MR) is 85.8 cm³/mol. The van der Waals surface area contributed by atoms with Crippen LogP contribution in [0.1, 0.15) is 21.5 Å². The minimum atomic E-state index is -0.229. The number of carbonyl (C=O) groups is 1. The number of halogens is 1. The molecule has 1 amide bonds. The van der Waals surface area contributed by atoms with E-state index in [-0.39, 0.29) is 11.7 Å². The average Bonchev–Trinajstić information content (AvgIpc) is 2.49. The molecule has 6 heteroatoms. The summed E-state index contributed by atoms with van der Waals surface area (Å²) in [5, 5.41) is 14.4. The molecule has 4 N–H and O–H groups in total. The van der Waals surface area contributed by atoms with Crippen molar-refractivity contribution in [2.75, 3.05) is 5.32 Å². The Hall–Kier alpha value is -2.34. The van der Waals surface area contributed by atoms with Gasteiger partial charge in [0.15, 0.2) is 5.84 Å². The monoisotopic (exact) mass is 347 g/mol. The minimum Gasteiger partial charge on any atom is -0.409 e. The molecule has 2 aromatic rings. The molecule has 108 valence electrons. The number of hydrogen-bond acceptors (Lipinski definition) is 3. The summed E-state index contributed by atoms with van der Waals surface area (Å²) >= 11 is 3.40. The van der Waals surface area contributed by atoms with Gasteiger partial charge in [0.2, 0.25) is 0 Å². The van der Waals surface area contributed by atoms with Gasteiger partial charge in [-0.1, -0.05) is 39.3 Å². The predicted octanol–water partition coefficient (Wildman–Crippen LogP) is 3.10.